The van der Waals surface area contributed by atoms with Crippen LogP contribution in [0.15, 0.2) is 12.3 Å². The number of nitrogen functional groups attached to an aromatic ring is 1. The molecule has 0 radical (unpaired) electrons. The van der Waals surface area contributed by atoms with E-state index in [2.05, 4.69) is 11.9 Å². The zero-order valence-corrected chi connectivity index (χ0v) is 8.38. The highest BCUT2D eigenvalue weighted by atomic mass is 35.5. The number of halogens is 1. The first kappa shape index (κ1) is 10.3. The number of nitrogens with two attached hydrogens (primary N) is 2. The second kappa shape index (κ2) is 4.44. The number of hydrogen-bond acceptors (Lipinski definition) is 3. The lowest BCUT2D eigenvalue weighted by Gasteiger charge is -2.12. The Balaban J connectivity index is 2.91. The van der Waals surface area contributed by atoms with Gasteiger partial charge in [0.1, 0.15) is 5.15 Å². The van der Waals surface area contributed by atoms with E-state index in [1.807, 2.05) is 0 Å². The highest BCUT2D eigenvalue weighted by Crippen LogP contribution is 2.24. The largest absolute Gasteiger partial charge is 0.397 e. The maximum Gasteiger partial charge on any atom is 0.133 e. The van der Waals surface area contributed by atoms with Crippen molar-refractivity contribution in [1.82, 2.24) is 4.98 Å². The van der Waals surface area contributed by atoms with E-state index in [1.165, 1.54) is 6.20 Å². The lowest BCUT2D eigenvalue weighted by molar-refractivity contribution is 0.637. The summed E-state index contributed by atoms with van der Waals surface area (Å²) in [4.78, 5) is 3.94. The molecule has 4 heteroatoms. The van der Waals surface area contributed by atoms with Crippen LogP contribution in [0.2, 0.25) is 5.15 Å². The van der Waals surface area contributed by atoms with E-state index >= 15 is 0 Å². The highest BCUT2D eigenvalue weighted by Gasteiger charge is 2.10. The van der Waals surface area contributed by atoms with Gasteiger partial charge in [0.25, 0.3) is 0 Å². The average Bonchev–Trinajstić information content (AvgIpc) is 2.09. The monoisotopic (exact) mass is 199 g/mol. The third kappa shape index (κ3) is 2.57. The van der Waals surface area contributed by atoms with Gasteiger partial charge in [-0.25, -0.2) is 4.98 Å². The fraction of sp³-hybridized carbons (Fsp3) is 0.444. The van der Waals surface area contributed by atoms with Crippen LogP contribution >= 0.6 is 11.6 Å². The SMILES string of the molecule is CCCC(N)c1cc(N)cnc1Cl. The molecule has 0 spiro atoms. The van der Waals surface area contributed by atoms with Gasteiger partial charge in [-0.1, -0.05) is 24.9 Å². The smallest absolute Gasteiger partial charge is 0.133 e. The van der Waals surface area contributed by atoms with E-state index < -0.39 is 0 Å². The fourth-order valence-electron chi connectivity index (χ4n) is 1.21. The van der Waals surface area contributed by atoms with Crippen molar-refractivity contribution < 1.29 is 0 Å². The Kier molecular flexibility index (Phi) is 3.51. The summed E-state index contributed by atoms with van der Waals surface area (Å²) in [6, 6.07) is 1.73. The van der Waals surface area contributed by atoms with Crippen LogP contribution in [0.5, 0.6) is 0 Å². The second-order valence-corrected chi connectivity index (χ2v) is 3.40. The van der Waals surface area contributed by atoms with Crippen LogP contribution in [0.1, 0.15) is 31.4 Å². The molecule has 1 aromatic heterocycles. The quantitative estimate of drug-likeness (QED) is 0.733. The number of anilines is 1. The van der Waals surface area contributed by atoms with Gasteiger partial charge in [0, 0.05) is 11.6 Å². The molecule has 0 bridgehead atoms. The van der Waals surface area contributed by atoms with Crippen molar-refractivity contribution >= 4 is 17.3 Å². The topological polar surface area (TPSA) is 64.9 Å². The molecular formula is C9H14ClN3. The van der Waals surface area contributed by atoms with E-state index in [1.54, 1.807) is 6.07 Å². The molecule has 72 valence electrons. The minimum Gasteiger partial charge on any atom is -0.397 e. The zero-order valence-electron chi connectivity index (χ0n) is 7.63. The molecule has 0 saturated heterocycles. The molecule has 1 heterocycles. The molecule has 1 atom stereocenters. The molecular weight excluding hydrogens is 186 g/mol. The summed E-state index contributed by atoms with van der Waals surface area (Å²) in [5.74, 6) is 0. The Morgan fingerprint density at radius 2 is 2.31 bits per heavy atom. The van der Waals surface area contributed by atoms with Crippen molar-refractivity contribution in [1.29, 1.82) is 0 Å². The van der Waals surface area contributed by atoms with Gasteiger partial charge in [0.2, 0.25) is 0 Å². The minimum absolute atomic E-state index is 0.0616. The Morgan fingerprint density at radius 3 is 2.92 bits per heavy atom. The first-order valence-electron chi connectivity index (χ1n) is 4.31. The molecule has 1 unspecified atom stereocenters. The predicted octanol–water partition coefficient (Wildman–Crippen LogP) is 2.12. The summed E-state index contributed by atoms with van der Waals surface area (Å²) in [6.07, 6.45) is 3.45. The molecule has 1 rings (SSSR count). The van der Waals surface area contributed by atoms with E-state index in [9.17, 15) is 0 Å². The van der Waals surface area contributed by atoms with Gasteiger partial charge in [0.15, 0.2) is 0 Å². The minimum atomic E-state index is -0.0616. The van der Waals surface area contributed by atoms with E-state index in [0.717, 1.165) is 18.4 Å². The molecule has 3 nitrogen and oxygen atoms in total. The lowest BCUT2D eigenvalue weighted by atomic mass is 10.1. The molecule has 0 aliphatic heterocycles. The third-order valence-corrected chi connectivity index (χ3v) is 2.20. The van der Waals surface area contributed by atoms with Crippen LogP contribution in [0.4, 0.5) is 5.69 Å². The summed E-state index contributed by atoms with van der Waals surface area (Å²) < 4.78 is 0. The van der Waals surface area contributed by atoms with Gasteiger partial charge in [-0.3, -0.25) is 0 Å². The van der Waals surface area contributed by atoms with E-state index in [-0.39, 0.29) is 6.04 Å². The van der Waals surface area contributed by atoms with Gasteiger partial charge in [-0.15, -0.1) is 0 Å². The number of nitrogens with zero attached hydrogens (tertiary/aromatic N) is 1. The van der Waals surface area contributed by atoms with Crippen molar-refractivity contribution in [2.75, 3.05) is 5.73 Å². The first-order valence-corrected chi connectivity index (χ1v) is 4.69. The molecule has 13 heavy (non-hydrogen) atoms. The van der Waals surface area contributed by atoms with Gasteiger partial charge in [-0.2, -0.15) is 0 Å². The molecule has 1 aromatic rings. The molecule has 0 aliphatic carbocycles. The maximum atomic E-state index is 5.90. The summed E-state index contributed by atoms with van der Waals surface area (Å²) in [7, 11) is 0. The molecule has 0 aromatic carbocycles. The first-order chi connectivity index (χ1) is 6.15. The second-order valence-electron chi connectivity index (χ2n) is 3.04. The molecule has 0 aliphatic rings. The number of rotatable bonds is 3. The van der Waals surface area contributed by atoms with Gasteiger partial charge >= 0.3 is 0 Å². The summed E-state index contributed by atoms with van der Waals surface area (Å²) >= 11 is 5.88. The summed E-state index contributed by atoms with van der Waals surface area (Å²) in [5.41, 5.74) is 12.9. The standard InChI is InChI=1S/C9H14ClN3/c1-2-3-8(12)7-4-6(11)5-13-9(7)10/h4-5,8H,2-3,11-12H2,1H3. The number of aromatic nitrogens is 1. The van der Waals surface area contributed by atoms with Crippen LogP contribution in [-0.4, -0.2) is 4.98 Å². The number of pyridine rings is 1. The van der Waals surface area contributed by atoms with Gasteiger partial charge in [0.05, 0.1) is 11.9 Å². The van der Waals surface area contributed by atoms with Crippen molar-refractivity contribution in [2.24, 2.45) is 5.73 Å². The molecule has 0 amide bonds. The lowest BCUT2D eigenvalue weighted by Crippen LogP contribution is -2.11. The van der Waals surface area contributed by atoms with Crippen molar-refractivity contribution in [3.63, 3.8) is 0 Å². The van der Waals surface area contributed by atoms with Crippen LogP contribution in [0.3, 0.4) is 0 Å². The fourth-order valence-corrected chi connectivity index (χ4v) is 1.45. The molecule has 4 N–H and O–H groups in total. The Morgan fingerprint density at radius 1 is 1.62 bits per heavy atom. The van der Waals surface area contributed by atoms with E-state index in [0.29, 0.717) is 10.8 Å². The summed E-state index contributed by atoms with van der Waals surface area (Å²) in [6.45, 7) is 2.08. The number of hydrogen-bond donors (Lipinski definition) is 2. The Labute approximate surface area is 83.1 Å². The predicted molar refractivity (Wildman–Crippen MR) is 55.5 cm³/mol. The van der Waals surface area contributed by atoms with E-state index in [4.69, 9.17) is 23.1 Å². The van der Waals surface area contributed by atoms with Crippen LogP contribution in [-0.2, 0) is 0 Å². The van der Waals surface area contributed by atoms with Gasteiger partial charge < -0.3 is 11.5 Å². The maximum absolute atomic E-state index is 5.90. The third-order valence-electron chi connectivity index (χ3n) is 1.89. The average molecular weight is 200 g/mol. The van der Waals surface area contributed by atoms with Crippen molar-refractivity contribution in [2.45, 2.75) is 25.8 Å². The molecule has 0 saturated carbocycles. The normalized spacial score (nSPS) is 12.8. The highest BCUT2D eigenvalue weighted by molar-refractivity contribution is 6.30. The van der Waals surface area contributed by atoms with Crippen LogP contribution < -0.4 is 11.5 Å². The van der Waals surface area contributed by atoms with Crippen molar-refractivity contribution in [3.05, 3.63) is 23.0 Å². The van der Waals surface area contributed by atoms with Gasteiger partial charge in [-0.05, 0) is 12.5 Å². The van der Waals surface area contributed by atoms with Crippen LogP contribution in [0.25, 0.3) is 0 Å². The van der Waals surface area contributed by atoms with Crippen LogP contribution in [0, 0.1) is 0 Å². The Bertz CT molecular complexity index is 288. The Hall–Kier alpha value is -0.800. The summed E-state index contributed by atoms with van der Waals surface area (Å²) in [5, 5.41) is 0.454. The van der Waals surface area contributed by atoms with Crippen molar-refractivity contribution in [3.8, 4) is 0 Å². The molecule has 0 fully saturated rings. The zero-order chi connectivity index (χ0) is 9.84.